The largest absolute Gasteiger partial charge is 0.507 e. The van der Waals surface area contributed by atoms with Gasteiger partial charge in [0.05, 0.1) is 24.4 Å². The molecule has 1 fully saturated rings. The lowest BCUT2D eigenvalue weighted by Gasteiger charge is -2.26. The lowest BCUT2D eigenvalue weighted by Crippen LogP contribution is -2.29. The van der Waals surface area contributed by atoms with Crippen LogP contribution >= 0.6 is 0 Å². The van der Waals surface area contributed by atoms with Gasteiger partial charge in [0.1, 0.15) is 17.3 Å². The average molecular weight is 401 g/mol. The van der Waals surface area contributed by atoms with Crippen molar-refractivity contribution in [3.05, 3.63) is 95.6 Å². The second-order valence-corrected chi connectivity index (χ2v) is 6.80. The first-order valence-electron chi connectivity index (χ1n) is 9.31. The Labute approximate surface area is 173 Å². The number of amides is 1. The number of carbonyl (C=O) groups excluding carboxylic acids is 2. The molecular weight excluding hydrogens is 382 g/mol. The van der Waals surface area contributed by atoms with Crippen LogP contribution in [0.1, 0.15) is 17.2 Å². The predicted octanol–water partition coefficient (Wildman–Crippen LogP) is 4.03. The zero-order chi connectivity index (χ0) is 21.3. The average Bonchev–Trinajstić information content (AvgIpc) is 3.05. The molecule has 6 heteroatoms. The van der Waals surface area contributed by atoms with Gasteiger partial charge in [-0.05, 0) is 29.8 Å². The van der Waals surface area contributed by atoms with E-state index in [0.29, 0.717) is 16.9 Å². The second kappa shape index (κ2) is 7.75. The molecule has 1 saturated heterocycles. The van der Waals surface area contributed by atoms with E-state index in [9.17, 15) is 19.8 Å². The van der Waals surface area contributed by atoms with Gasteiger partial charge in [0.25, 0.3) is 11.7 Å². The number of phenolic OH excluding ortho intramolecular Hbond substituents is 1. The summed E-state index contributed by atoms with van der Waals surface area (Å²) in [6.45, 7) is 0. The fraction of sp³-hybridized carbons (Fsp3) is 0.0833. The Balaban J connectivity index is 1.98. The molecule has 150 valence electrons. The summed E-state index contributed by atoms with van der Waals surface area (Å²) in [6, 6.07) is 20.8. The third kappa shape index (κ3) is 3.18. The van der Waals surface area contributed by atoms with Crippen LogP contribution in [0.2, 0.25) is 0 Å². The third-order valence-electron chi connectivity index (χ3n) is 5.04. The lowest BCUT2D eigenvalue weighted by atomic mass is 9.95. The van der Waals surface area contributed by atoms with Crippen molar-refractivity contribution in [2.75, 3.05) is 12.0 Å². The molecule has 1 aliphatic heterocycles. The molecule has 1 unspecified atom stereocenters. The standard InChI is InChI=1S/C24H19NO5/c1-30-17-11-7-10-16(14-17)21-20(22(27)15-8-3-2-4-9-15)23(28)24(29)25(21)18-12-5-6-13-19(18)26/h2-14,21,26-27H,1H3/b22-20-. The van der Waals surface area contributed by atoms with E-state index in [-0.39, 0.29) is 22.8 Å². The number of phenols is 1. The SMILES string of the molecule is COc1cccc(C2/C(=C(/O)c3ccccc3)C(=O)C(=O)N2c2ccccc2O)c1. The monoisotopic (exact) mass is 401 g/mol. The summed E-state index contributed by atoms with van der Waals surface area (Å²) in [5.74, 6) is -1.55. The van der Waals surface area contributed by atoms with E-state index in [1.165, 1.54) is 18.1 Å². The number of ketones is 1. The van der Waals surface area contributed by atoms with Crippen molar-refractivity contribution >= 4 is 23.1 Å². The molecule has 3 aromatic rings. The summed E-state index contributed by atoms with van der Waals surface area (Å²) in [5, 5.41) is 21.4. The summed E-state index contributed by atoms with van der Waals surface area (Å²) in [6.07, 6.45) is 0. The van der Waals surface area contributed by atoms with Crippen LogP contribution in [0.15, 0.2) is 84.4 Å². The first-order valence-corrected chi connectivity index (χ1v) is 9.31. The predicted molar refractivity (Wildman–Crippen MR) is 112 cm³/mol. The molecule has 4 rings (SSSR count). The van der Waals surface area contributed by atoms with E-state index in [2.05, 4.69) is 0 Å². The quantitative estimate of drug-likeness (QED) is 0.392. The molecule has 0 aromatic heterocycles. The number of para-hydroxylation sites is 2. The van der Waals surface area contributed by atoms with Crippen LogP contribution in [0.3, 0.4) is 0 Å². The van der Waals surface area contributed by atoms with Crippen molar-refractivity contribution in [1.82, 2.24) is 0 Å². The third-order valence-corrected chi connectivity index (χ3v) is 5.04. The van der Waals surface area contributed by atoms with Gasteiger partial charge in [-0.3, -0.25) is 14.5 Å². The summed E-state index contributed by atoms with van der Waals surface area (Å²) in [5.41, 5.74) is 1.11. The van der Waals surface area contributed by atoms with E-state index in [1.54, 1.807) is 72.8 Å². The summed E-state index contributed by atoms with van der Waals surface area (Å²) >= 11 is 0. The molecule has 6 nitrogen and oxygen atoms in total. The molecule has 0 spiro atoms. The number of nitrogens with zero attached hydrogens (tertiary/aromatic N) is 1. The number of hydrogen-bond donors (Lipinski definition) is 2. The lowest BCUT2D eigenvalue weighted by molar-refractivity contribution is -0.132. The molecule has 0 saturated carbocycles. The minimum atomic E-state index is -0.936. The van der Waals surface area contributed by atoms with Crippen LogP contribution in [0.5, 0.6) is 11.5 Å². The van der Waals surface area contributed by atoms with Crippen molar-refractivity contribution in [1.29, 1.82) is 0 Å². The molecule has 1 heterocycles. The number of hydrogen-bond acceptors (Lipinski definition) is 5. The Bertz CT molecular complexity index is 1150. The molecular formula is C24H19NO5. The summed E-state index contributed by atoms with van der Waals surface area (Å²) in [7, 11) is 1.52. The van der Waals surface area contributed by atoms with Crippen LogP contribution in [0.25, 0.3) is 5.76 Å². The summed E-state index contributed by atoms with van der Waals surface area (Å²) in [4.78, 5) is 27.3. The topological polar surface area (TPSA) is 87.1 Å². The van der Waals surface area contributed by atoms with Crippen LogP contribution in [-0.4, -0.2) is 29.0 Å². The van der Waals surface area contributed by atoms with Gasteiger partial charge in [0, 0.05) is 5.56 Å². The van der Waals surface area contributed by atoms with Gasteiger partial charge in [-0.1, -0.05) is 54.6 Å². The molecule has 0 radical (unpaired) electrons. The molecule has 1 amide bonds. The van der Waals surface area contributed by atoms with Crippen molar-refractivity contribution in [2.45, 2.75) is 6.04 Å². The van der Waals surface area contributed by atoms with E-state index < -0.39 is 17.7 Å². The fourth-order valence-electron chi connectivity index (χ4n) is 3.63. The number of Topliss-reactive ketones (excluding diaryl/α,β-unsaturated/α-hetero) is 1. The highest BCUT2D eigenvalue weighted by molar-refractivity contribution is 6.51. The maximum atomic E-state index is 13.0. The Morgan fingerprint density at radius 3 is 2.33 bits per heavy atom. The fourth-order valence-corrected chi connectivity index (χ4v) is 3.63. The first kappa shape index (κ1) is 19.3. The second-order valence-electron chi connectivity index (χ2n) is 6.80. The normalized spacial score (nSPS) is 17.9. The van der Waals surface area contributed by atoms with Crippen molar-refractivity contribution in [3.63, 3.8) is 0 Å². The highest BCUT2D eigenvalue weighted by atomic mass is 16.5. The molecule has 1 aliphatic rings. The maximum Gasteiger partial charge on any atom is 0.300 e. The number of aliphatic hydroxyl groups excluding tert-OH is 1. The Morgan fingerprint density at radius 1 is 0.933 bits per heavy atom. The highest BCUT2D eigenvalue weighted by Gasteiger charge is 2.47. The van der Waals surface area contributed by atoms with Gasteiger partial charge in [-0.15, -0.1) is 0 Å². The molecule has 2 N–H and O–H groups in total. The Hall–Kier alpha value is -4.06. The number of anilines is 1. The smallest absolute Gasteiger partial charge is 0.300 e. The number of ether oxygens (including phenoxy) is 1. The number of carbonyl (C=O) groups is 2. The van der Waals surface area contributed by atoms with E-state index >= 15 is 0 Å². The van der Waals surface area contributed by atoms with Gasteiger partial charge in [-0.25, -0.2) is 0 Å². The van der Waals surface area contributed by atoms with Crippen LogP contribution in [-0.2, 0) is 9.59 Å². The Kier molecular flexibility index (Phi) is 4.98. The van der Waals surface area contributed by atoms with E-state index in [0.717, 1.165) is 0 Å². The highest BCUT2D eigenvalue weighted by Crippen LogP contribution is 2.45. The van der Waals surface area contributed by atoms with Crippen molar-refractivity contribution in [2.24, 2.45) is 0 Å². The number of benzene rings is 3. The molecule has 1 atom stereocenters. The zero-order valence-corrected chi connectivity index (χ0v) is 16.1. The van der Waals surface area contributed by atoms with Gasteiger partial charge >= 0.3 is 0 Å². The zero-order valence-electron chi connectivity index (χ0n) is 16.1. The molecule has 30 heavy (non-hydrogen) atoms. The number of aliphatic hydroxyl groups is 1. The van der Waals surface area contributed by atoms with Gasteiger partial charge in [0.15, 0.2) is 0 Å². The molecule has 0 bridgehead atoms. The number of methoxy groups -OCH3 is 1. The van der Waals surface area contributed by atoms with Crippen molar-refractivity contribution < 1.29 is 24.5 Å². The van der Waals surface area contributed by atoms with E-state index in [4.69, 9.17) is 4.74 Å². The van der Waals surface area contributed by atoms with Crippen LogP contribution < -0.4 is 9.64 Å². The molecule has 0 aliphatic carbocycles. The van der Waals surface area contributed by atoms with Gasteiger partial charge in [-0.2, -0.15) is 0 Å². The molecule has 3 aromatic carbocycles. The maximum absolute atomic E-state index is 13.0. The summed E-state index contributed by atoms with van der Waals surface area (Å²) < 4.78 is 5.30. The number of aromatic hydroxyl groups is 1. The van der Waals surface area contributed by atoms with Gasteiger partial charge in [0.2, 0.25) is 0 Å². The minimum Gasteiger partial charge on any atom is -0.507 e. The Morgan fingerprint density at radius 2 is 1.63 bits per heavy atom. The van der Waals surface area contributed by atoms with Gasteiger partial charge < -0.3 is 14.9 Å². The number of rotatable bonds is 4. The minimum absolute atomic E-state index is 0.0530. The van der Waals surface area contributed by atoms with Crippen molar-refractivity contribution in [3.8, 4) is 11.5 Å². The van der Waals surface area contributed by atoms with E-state index in [1.807, 2.05) is 0 Å². The first-order chi connectivity index (χ1) is 14.5. The van der Waals surface area contributed by atoms with Crippen LogP contribution in [0, 0.1) is 0 Å². The van der Waals surface area contributed by atoms with Crippen LogP contribution in [0.4, 0.5) is 5.69 Å².